The third kappa shape index (κ3) is 1.81. The lowest BCUT2D eigenvalue weighted by Gasteiger charge is -2.01. The minimum atomic E-state index is 0.687. The van der Waals surface area contributed by atoms with Crippen molar-refractivity contribution in [2.45, 2.75) is 20.3 Å². The van der Waals surface area contributed by atoms with Gasteiger partial charge in [-0.05, 0) is 19.4 Å². The van der Waals surface area contributed by atoms with E-state index in [0.29, 0.717) is 5.69 Å². The predicted molar refractivity (Wildman–Crippen MR) is 51.8 cm³/mol. The second kappa shape index (κ2) is 3.85. The molecule has 0 aliphatic carbocycles. The lowest BCUT2D eigenvalue weighted by Crippen LogP contribution is -1.90. The third-order valence-electron chi connectivity index (χ3n) is 1.54. The molecule has 2 N–H and O–H groups in total. The average Bonchev–Trinajstić information content (AvgIpc) is 2.04. The van der Waals surface area contributed by atoms with Gasteiger partial charge in [0.05, 0.1) is 11.4 Å². The first kappa shape index (κ1) is 8.71. The van der Waals surface area contributed by atoms with E-state index in [2.05, 4.69) is 9.98 Å². The van der Waals surface area contributed by atoms with Crippen molar-refractivity contribution in [1.82, 2.24) is 4.98 Å². The monoisotopic (exact) mass is 163 g/mol. The van der Waals surface area contributed by atoms with E-state index in [-0.39, 0.29) is 0 Å². The van der Waals surface area contributed by atoms with Crippen molar-refractivity contribution < 1.29 is 0 Å². The van der Waals surface area contributed by atoms with Crippen LogP contribution in [0.4, 0.5) is 11.4 Å². The standard InChI is InChI=1S/C9H13N3/c1-3-5-12-9-7(2)11-6-4-8(9)10/h4-6H,3H2,1-2H3,(H2,10,11). The van der Waals surface area contributed by atoms with Gasteiger partial charge in [0.2, 0.25) is 0 Å². The number of aryl methyl sites for hydroxylation is 1. The normalized spacial score (nSPS) is 10.8. The molecule has 1 aromatic heterocycles. The lowest BCUT2D eigenvalue weighted by molar-refractivity contribution is 1.19. The summed E-state index contributed by atoms with van der Waals surface area (Å²) in [6.07, 6.45) is 4.43. The Bertz CT molecular complexity index is 272. The summed E-state index contributed by atoms with van der Waals surface area (Å²) in [5, 5.41) is 0. The molecule has 0 aliphatic rings. The molecule has 0 saturated heterocycles. The number of nitrogen functional groups attached to an aromatic ring is 1. The fourth-order valence-electron chi connectivity index (χ4n) is 0.929. The van der Waals surface area contributed by atoms with Gasteiger partial charge in [-0.2, -0.15) is 0 Å². The van der Waals surface area contributed by atoms with Gasteiger partial charge < -0.3 is 5.73 Å². The van der Waals surface area contributed by atoms with Gasteiger partial charge in [-0.1, -0.05) is 6.92 Å². The molecular weight excluding hydrogens is 150 g/mol. The largest absolute Gasteiger partial charge is 0.397 e. The molecule has 3 nitrogen and oxygen atoms in total. The third-order valence-corrected chi connectivity index (χ3v) is 1.54. The topological polar surface area (TPSA) is 51.3 Å². The van der Waals surface area contributed by atoms with Crippen LogP contribution in [0.3, 0.4) is 0 Å². The van der Waals surface area contributed by atoms with Crippen LogP contribution in [0.5, 0.6) is 0 Å². The van der Waals surface area contributed by atoms with E-state index in [1.807, 2.05) is 20.1 Å². The number of aliphatic imine (C=N–C) groups is 1. The molecule has 64 valence electrons. The molecule has 1 aromatic rings. The van der Waals surface area contributed by atoms with Crippen LogP contribution in [0.25, 0.3) is 0 Å². The zero-order valence-electron chi connectivity index (χ0n) is 7.41. The molecule has 0 radical (unpaired) electrons. The molecule has 0 unspecified atom stereocenters. The van der Waals surface area contributed by atoms with Gasteiger partial charge in [-0.25, -0.2) is 0 Å². The Hall–Kier alpha value is -1.38. The SMILES string of the molecule is CCC=Nc1c(N)ccnc1C. The van der Waals surface area contributed by atoms with E-state index in [4.69, 9.17) is 5.73 Å². The molecule has 0 fully saturated rings. The van der Waals surface area contributed by atoms with Crippen LogP contribution in [0, 0.1) is 6.92 Å². The van der Waals surface area contributed by atoms with E-state index in [9.17, 15) is 0 Å². The summed E-state index contributed by atoms with van der Waals surface area (Å²) in [5.74, 6) is 0. The number of pyridine rings is 1. The van der Waals surface area contributed by atoms with Crippen molar-refractivity contribution >= 4 is 17.6 Å². The zero-order chi connectivity index (χ0) is 8.97. The molecular formula is C9H13N3. The minimum absolute atomic E-state index is 0.687. The number of hydrogen-bond donors (Lipinski definition) is 1. The van der Waals surface area contributed by atoms with Crippen LogP contribution in [-0.4, -0.2) is 11.2 Å². The number of nitrogens with zero attached hydrogens (tertiary/aromatic N) is 2. The Morgan fingerprint density at radius 1 is 1.67 bits per heavy atom. The van der Waals surface area contributed by atoms with Gasteiger partial charge in [-0.3, -0.25) is 9.98 Å². The van der Waals surface area contributed by atoms with Gasteiger partial charge >= 0.3 is 0 Å². The van der Waals surface area contributed by atoms with Crippen LogP contribution in [0.2, 0.25) is 0 Å². The first-order valence-corrected chi connectivity index (χ1v) is 3.99. The van der Waals surface area contributed by atoms with Gasteiger partial charge in [0.25, 0.3) is 0 Å². The zero-order valence-corrected chi connectivity index (χ0v) is 7.41. The molecule has 0 atom stereocenters. The van der Waals surface area contributed by atoms with Gasteiger partial charge in [0, 0.05) is 12.4 Å². The second-order valence-corrected chi connectivity index (χ2v) is 2.55. The summed E-state index contributed by atoms with van der Waals surface area (Å²) in [5.41, 5.74) is 8.06. The van der Waals surface area contributed by atoms with Crippen LogP contribution >= 0.6 is 0 Å². The number of rotatable bonds is 2. The highest BCUT2D eigenvalue weighted by Crippen LogP contribution is 2.23. The maximum atomic E-state index is 5.71. The highest BCUT2D eigenvalue weighted by Gasteiger charge is 1.99. The molecule has 1 heterocycles. The number of anilines is 1. The smallest absolute Gasteiger partial charge is 0.107 e. The molecule has 0 bridgehead atoms. The molecule has 12 heavy (non-hydrogen) atoms. The number of hydrogen-bond acceptors (Lipinski definition) is 3. The Morgan fingerprint density at radius 2 is 2.42 bits per heavy atom. The maximum Gasteiger partial charge on any atom is 0.107 e. The van der Waals surface area contributed by atoms with E-state index >= 15 is 0 Å². The van der Waals surface area contributed by atoms with Crippen LogP contribution in [0.1, 0.15) is 19.0 Å². The summed E-state index contributed by atoms with van der Waals surface area (Å²) in [6.45, 7) is 3.93. The molecule has 0 saturated carbocycles. The Balaban J connectivity index is 3.04. The summed E-state index contributed by atoms with van der Waals surface area (Å²) >= 11 is 0. The summed E-state index contributed by atoms with van der Waals surface area (Å²) in [7, 11) is 0. The maximum absolute atomic E-state index is 5.71. The van der Waals surface area contributed by atoms with Crippen molar-refractivity contribution in [3.63, 3.8) is 0 Å². The van der Waals surface area contributed by atoms with Crippen molar-refractivity contribution in [3.8, 4) is 0 Å². The Kier molecular flexibility index (Phi) is 2.80. The predicted octanol–water partition coefficient (Wildman–Crippen LogP) is 2.08. The average molecular weight is 163 g/mol. The first-order chi connectivity index (χ1) is 5.75. The Labute approximate surface area is 72.3 Å². The number of nitrogens with two attached hydrogens (primary N) is 1. The summed E-state index contributed by atoms with van der Waals surface area (Å²) in [6, 6.07) is 1.76. The summed E-state index contributed by atoms with van der Waals surface area (Å²) in [4.78, 5) is 8.31. The lowest BCUT2D eigenvalue weighted by atomic mass is 10.3. The molecule has 0 aliphatic heterocycles. The Morgan fingerprint density at radius 3 is 3.00 bits per heavy atom. The van der Waals surface area contributed by atoms with E-state index in [0.717, 1.165) is 17.8 Å². The van der Waals surface area contributed by atoms with Gasteiger partial charge in [-0.15, -0.1) is 0 Å². The van der Waals surface area contributed by atoms with Crippen LogP contribution in [0.15, 0.2) is 17.3 Å². The van der Waals surface area contributed by atoms with Crippen molar-refractivity contribution in [3.05, 3.63) is 18.0 Å². The molecule has 0 aromatic carbocycles. The highest BCUT2D eigenvalue weighted by atomic mass is 14.8. The van der Waals surface area contributed by atoms with E-state index < -0.39 is 0 Å². The fraction of sp³-hybridized carbons (Fsp3) is 0.333. The highest BCUT2D eigenvalue weighted by molar-refractivity contribution is 5.71. The molecule has 3 heteroatoms. The minimum Gasteiger partial charge on any atom is -0.397 e. The van der Waals surface area contributed by atoms with Gasteiger partial charge in [0.15, 0.2) is 0 Å². The van der Waals surface area contributed by atoms with Crippen molar-refractivity contribution in [1.29, 1.82) is 0 Å². The van der Waals surface area contributed by atoms with E-state index in [1.165, 1.54) is 0 Å². The molecule has 0 amide bonds. The van der Waals surface area contributed by atoms with E-state index in [1.54, 1.807) is 12.3 Å². The molecule has 0 spiro atoms. The first-order valence-electron chi connectivity index (χ1n) is 3.99. The second-order valence-electron chi connectivity index (χ2n) is 2.55. The van der Waals surface area contributed by atoms with Crippen molar-refractivity contribution in [2.75, 3.05) is 5.73 Å². The van der Waals surface area contributed by atoms with Gasteiger partial charge in [0.1, 0.15) is 5.69 Å². The summed E-state index contributed by atoms with van der Waals surface area (Å²) < 4.78 is 0. The van der Waals surface area contributed by atoms with Crippen LogP contribution in [-0.2, 0) is 0 Å². The van der Waals surface area contributed by atoms with Crippen LogP contribution < -0.4 is 5.73 Å². The molecule has 1 rings (SSSR count). The fourth-order valence-corrected chi connectivity index (χ4v) is 0.929. The number of aromatic nitrogens is 1. The van der Waals surface area contributed by atoms with Crippen molar-refractivity contribution in [2.24, 2.45) is 4.99 Å². The quantitative estimate of drug-likeness (QED) is 0.678.